The Kier molecular flexibility index (Phi) is 6.21. The van der Waals surface area contributed by atoms with E-state index in [0.29, 0.717) is 29.2 Å². The lowest BCUT2D eigenvalue weighted by Crippen LogP contribution is -2.18. The van der Waals surface area contributed by atoms with Crippen molar-refractivity contribution in [1.82, 2.24) is 25.3 Å². The Morgan fingerprint density at radius 2 is 1.91 bits per heavy atom. The van der Waals surface area contributed by atoms with Crippen molar-refractivity contribution in [3.8, 4) is 11.3 Å². The average Bonchev–Trinajstić information content (AvgIpc) is 2.86. The molecule has 4 rings (SSSR count). The minimum Gasteiger partial charge on any atom is -0.477 e. The van der Waals surface area contributed by atoms with E-state index in [2.05, 4.69) is 37.5 Å². The molecule has 3 heterocycles. The molecule has 0 aliphatic rings. The number of rotatable bonds is 7. The van der Waals surface area contributed by atoms with Crippen molar-refractivity contribution in [2.45, 2.75) is 12.8 Å². The van der Waals surface area contributed by atoms with E-state index in [9.17, 15) is 9.59 Å². The zero-order chi connectivity index (χ0) is 23.4. The lowest BCUT2D eigenvalue weighted by atomic mass is 9.96. The Balaban J connectivity index is 1.53. The van der Waals surface area contributed by atoms with Crippen LogP contribution in [0.1, 0.15) is 39.3 Å². The van der Waals surface area contributed by atoms with Gasteiger partial charge in [-0.25, -0.2) is 19.7 Å². The van der Waals surface area contributed by atoms with Crippen LogP contribution in [0.5, 0.6) is 0 Å². The molecule has 1 aromatic carbocycles. The van der Waals surface area contributed by atoms with Crippen LogP contribution >= 0.6 is 0 Å². The van der Waals surface area contributed by atoms with Crippen LogP contribution in [0.25, 0.3) is 22.2 Å². The lowest BCUT2D eigenvalue weighted by molar-refractivity contribution is 0.0690. The van der Waals surface area contributed by atoms with Crippen molar-refractivity contribution in [3.05, 3.63) is 78.0 Å². The van der Waals surface area contributed by atoms with Gasteiger partial charge >= 0.3 is 5.97 Å². The first-order valence-corrected chi connectivity index (χ1v) is 10.3. The molecular weight excluding hydrogens is 420 g/mol. The number of pyridine rings is 2. The smallest absolute Gasteiger partial charge is 0.354 e. The van der Waals surface area contributed by atoms with E-state index in [1.807, 2.05) is 18.2 Å². The van der Waals surface area contributed by atoms with Gasteiger partial charge in [0.25, 0.3) is 5.91 Å². The quantitative estimate of drug-likeness (QED) is 0.397. The Hall–Kier alpha value is -4.40. The highest BCUT2D eigenvalue weighted by atomic mass is 16.4. The Morgan fingerprint density at radius 1 is 1.06 bits per heavy atom. The van der Waals surface area contributed by atoms with Crippen molar-refractivity contribution >= 4 is 28.6 Å². The van der Waals surface area contributed by atoms with Gasteiger partial charge in [0.05, 0.1) is 16.8 Å². The highest BCUT2D eigenvalue weighted by Crippen LogP contribution is 2.27. The van der Waals surface area contributed by atoms with Crippen LogP contribution in [0.4, 0.5) is 5.82 Å². The Morgan fingerprint density at radius 3 is 2.64 bits per heavy atom. The standard InChI is InChI=1S/C24H22N6O3/c1-14(16-4-3-5-17-18(23(31)25-2)8-9-26-22(16)17)11-28-21-10-20(29-13-30-21)15-6-7-19(24(32)33)27-12-15/h3-10,12-14H,11H2,1-2H3,(H,25,31)(H,32,33)(H,28,29,30)/t14-/m1/s1. The van der Waals surface area contributed by atoms with Crippen molar-refractivity contribution in [2.75, 3.05) is 18.9 Å². The number of nitrogens with one attached hydrogen (secondary N) is 2. The van der Waals surface area contributed by atoms with Crippen molar-refractivity contribution in [1.29, 1.82) is 0 Å². The topological polar surface area (TPSA) is 130 Å². The van der Waals surface area contributed by atoms with Gasteiger partial charge in [-0.3, -0.25) is 9.78 Å². The molecule has 3 N–H and O–H groups in total. The van der Waals surface area contributed by atoms with Crippen molar-refractivity contribution < 1.29 is 14.7 Å². The SMILES string of the molecule is CNC(=O)c1ccnc2c([C@H](C)CNc3cc(-c4ccc(C(=O)O)nc4)ncn3)cccc12. The maximum Gasteiger partial charge on any atom is 0.354 e. The third-order valence-electron chi connectivity index (χ3n) is 5.34. The number of benzene rings is 1. The number of hydrogen-bond acceptors (Lipinski definition) is 7. The predicted octanol–water partition coefficient (Wildman–Crippen LogP) is 3.36. The number of fused-ring (bicyclic) bond motifs is 1. The molecule has 0 unspecified atom stereocenters. The molecular formula is C24H22N6O3. The van der Waals surface area contributed by atoms with E-state index in [1.54, 1.807) is 31.4 Å². The third-order valence-corrected chi connectivity index (χ3v) is 5.34. The first-order valence-electron chi connectivity index (χ1n) is 10.3. The molecule has 33 heavy (non-hydrogen) atoms. The summed E-state index contributed by atoms with van der Waals surface area (Å²) in [6, 6.07) is 12.4. The number of aromatic nitrogens is 4. The molecule has 0 bridgehead atoms. The summed E-state index contributed by atoms with van der Waals surface area (Å²) in [5.74, 6) is -0.514. The van der Waals surface area contributed by atoms with E-state index in [4.69, 9.17) is 5.11 Å². The van der Waals surface area contributed by atoms with E-state index < -0.39 is 5.97 Å². The predicted molar refractivity (Wildman–Crippen MR) is 124 cm³/mol. The van der Waals surface area contributed by atoms with E-state index in [1.165, 1.54) is 18.6 Å². The third kappa shape index (κ3) is 4.62. The molecule has 0 radical (unpaired) electrons. The lowest BCUT2D eigenvalue weighted by Gasteiger charge is -2.16. The summed E-state index contributed by atoms with van der Waals surface area (Å²) >= 11 is 0. The molecule has 0 aliphatic carbocycles. The van der Waals surface area contributed by atoms with Crippen molar-refractivity contribution in [3.63, 3.8) is 0 Å². The molecule has 0 fully saturated rings. The summed E-state index contributed by atoms with van der Waals surface area (Å²) in [7, 11) is 1.61. The number of para-hydroxylation sites is 1. The summed E-state index contributed by atoms with van der Waals surface area (Å²) in [4.78, 5) is 40.2. The van der Waals surface area contributed by atoms with E-state index in [0.717, 1.165) is 16.5 Å². The van der Waals surface area contributed by atoms with Gasteiger partial charge in [0.2, 0.25) is 0 Å². The largest absolute Gasteiger partial charge is 0.477 e. The van der Waals surface area contributed by atoms with Crippen LogP contribution in [0.2, 0.25) is 0 Å². The first kappa shape index (κ1) is 21.8. The number of carbonyl (C=O) groups is 2. The summed E-state index contributed by atoms with van der Waals surface area (Å²) in [5.41, 5.74) is 3.70. The fraction of sp³-hybridized carbons (Fsp3) is 0.167. The summed E-state index contributed by atoms with van der Waals surface area (Å²) in [5, 5.41) is 15.8. The Bertz CT molecular complexity index is 1320. The second-order valence-corrected chi connectivity index (χ2v) is 7.49. The minimum atomic E-state index is -1.08. The highest BCUT2D eigenvalue weighted by Gasteiger charge is 2.15. The van der Waals surface area contributed by atoms with E-state index in [-0.39, 0.29) is 17.5 Å². The molecule has 9 nitrogen and oxygen atoms in total. The Labute approximate surface area is 190 Å². The molecule has 0 spiro atoms. The molecule has 0 saturated carbocycles. The number of aromatic carboxylic acids is 1. The molecule has 3 aromatic heterocycles. The summed E-state index contributed by atoms with van der Waals surface area (Å²) < 4.78 is 0. The fourth-order valence-electron chi connectivity index (χ4n) is 3.58. The number of carboxylic acids is 1. The van der Waals surface area contributed by atoms with Gasteiger partial charge < -0.3 is 15.7 Å². The fourth-order valence-corrected chi connectivity index (χ4v) is 3.58. The van der Waals surface area contributed by atoms with E-state index >= 15 is 0 Å². The van der Waals surface area contributed by atoms with Crippen LogP contribution in [-0.2, 0) is 0 Å². The number of nitrogens with zero attached hydrogens (tertiary/aromatic N) is 4. The van der Waals surface area contributed by atoms with Gasteiger partial charge in [0, 0.05) is 48.9 Å². The van der Waals surface area contributed by atoms with Crippen LogP contribution < -0.4 is 10.6 Å². The molecule has 1 amide bonds. The molecule has 9 heteroatoms. The second-order valence-electron chi connectivity index (χ2n) is 7.49. The monoisotopic (exact) mass is 442 g/mol. The van der Waals surface area contributed by atoms with Crippen molar-refractivity contribution in [2.24, 2.45) is 0 Å². The first-order chi connectivity index (χ1) is 16.0. The van der Waals surface area contributed by atoms with Crippen LogP contribution in [-0.4, -0.2) is 50.5 Å². The highest BCUT2D eigenvalue weighted by molar-refractivity contribution is 6.06. The minimum absolute atomic E-state index is 0.0248. The van der Waals surface area contributed by atoms with Crippen LogP contribution in [0.3, 0.4) is 0 Å². The second kappa shape index (κ2) is 9.39. The molecule has 166 valence electrons. The summed E-state index contributed by atoms with van der Waals surface area (Å²) in [6.45, 7) is 2.66. The maximum absolute atomic E-state index is 12.2. The van der Waals surface area contributed by atoms with Gasteiger partial charge in [0.1, 0.15) is 17.8 Å². The van der Waals surface area contributed by atoms with Crippen LogP contribution in [0.15, 0.2) is 61.2 Å². The number of amides is 1. The normalized spacial score (nSPS) is 11.7. The van der Waals surface area contributed by atoms with Gasteiger partial charge in [0.15, 0.2) is 0 Å². The van der Waals surface area contributed by atoms with Gasteiger partial charge in [-0.2, -0.15) is 0 Å². The number of anilines is 1. The zero-order valence-electron chi connectivity index (χ0n) is 18.1. The number of carboxylic acid groups (broad SMARTS) is 1. The molecule has 4 aromatic rings. The summed E-state index contributed by atoms with van der Waals surface area (Å²) in [6.07, 6.45) is 4.57. The molecule has 0 aliphatic heterocycles. The van der Waals surface area contributed by atoms with Gasteiger partial charge in [-0.1, -0.05) is 25.1 Å². The van der Waals surface area contributed by atoms with Gasteiger partial charge in [-0.15, -0.1) is 0 Å². The molecule has 0 saturated heterocycles. The molecule has 1 atom stereocenters. The zero-order valence-corrected chi connectivity index (χ0v) is 18.1. The average molecular weight is 442 g/mol. The van der Waals surface area contributed by atoms with Gasteiger partial charge in [-0.05, 0) is 23.8 Å². The maximum atomic E-state index is 12.2. The van der Waals surface area contributed by atoms with Crippen LogP contribution in [0, 0.1) is 0 Å². The number of carbonyl (C=O) groups excluding carboxylic acids is 1. The number of hydrogen-bond donors (Lipinski definition) is 3.